The Labute approximate surface area is 190 Å². The Bertz CT molecular complexity index is 763. The molecule has 0 bridgehead atoms. The summed E-state index contributed by atoms with van der Waals surface area (Å²) in [7, 11) is -2.06. The third-order valence-electron chi connectivity index (χ3n) is 5.54. The SMILES string of the molecule is C[C@@H](O)[C@H](NC(=O)OCc1ccccc1)C(=O)N[C@@H](CCO[Si](C)(C)C(C)(C)C)C(=O)O. The number of carbonyl (C=O) groups is 3. The van der Waals surface area contributed by atoms with Gasteiger partial charge in [-0.2, -0.15) is 0 Å². The van der Waals surface area contributed by atoms with Crippen LogP contribution in [-0.4, -0.2) is 61.3 Å². The van der Waals surface area contributed by atoms with Crippen LogP contribution >= 0.6 is 0 Å². The topological polar surface area (TPSA) is 134 Å². The zero-order valence-corrected chi connectivity index (χ0v) is 20.7. The first kappa shape index (κ1) is 27.6. The van der Waals surface area contributed by atoms with Crippen molar-refractivity contribution in [3.8, 4) is 0 Å². The van der Waals surface area contributed by atoms with Crippen molar-refractivity contribution in [1.29, 1.82) is 0 Å². The normalized spacial score (nSPS) is 14.7. The van der Waals surface area contributed by atoms with Crippen molar-refractivity contribution in [2.45, 2.75) is 77.0 Å². The van der Waals surface area contributed by atoms with E-state index in [1.54, 1.807) is 24.3 Å². The number of hydrogen-bond acceptors (Lipinski definition) is 6. The number of ether oxygens (including phenoxy) is 1. The van der Waals surface area contributed by atoms with E-state index in [0.717, 1.165) is 5.56 Å². The number of carboxylic acid groups (broad SMARTS) is 1. The van der Waals surface area contributed by atoms with Crippen LogP contribution in [-0.2, 0) is 25.4 Å². The van der Waals surface area contributed by atoms with Gasteiger partial charge in [0.1, 0.15) is 18.7 Å². The van der Waals surface area contributed by atoms with Gasteiger partial charge in [-0.3, -0.25) is 4.79 Å². The fourth-order valence-electron chi connectivity index (χ4n) is 2.46. The lowest BCUT2D eigenvalue weighted by Crippen LogP contribution is -2.56. The van der Waals surface area contributed by atoms with Crippen LogP contribution in [0.25, 0.3) is 0 Å². The smallest absolute Gasteiger partial charge is 0.408 e. The van der Waals surface area contributed by atoms with E-state index in [1.165, 1.54) is 6.92 Å². The molecule has 3 atom stereocenters. The summed E-state index contributed by atoms with van der Waals surface area (Å²) in [6.07, 6.45) is -2.11. The quantitative estimate of drug-likeness (QED) is 0.367. The van der Waals surface area contributed by atoms with Gasteiger partial charge in [0, 0.05) is 13.0 Å². The van der Waals surface area contributed by atoms with E-state index in [1.807, 2.05) is 6.07 Å². The number of nitrogens with one attached hydrogen (secondary N) is 2. The number of aliphatic carboxylic acids is 1. The molecular weight excluding hydrogens is 432 g/mol. The van der Waals surface area contributed by atoms with Crippen LogP contribution in [0.5, 0.6) is 0 Å². The fraction of sp³-hybridized carbons (Fsp3) is 0.591. The summed E-state index contributed by atoms with van der Waals surface area (Å²) in [5.74, 6) is -2.05. The van der Waals surface area contributed by atoms with E-state index in [-0.39, 0.29) is 24.7 Å². The summed E-state index contributed by atoms with van der Waals surface area (Å²) in [5, 5.41) is 24.1. The Balaban J connectivity index is 2.66. The molecule has 1 aromatic carbocycles. The van der Waals surface area contributed by atoms with Crippen LogP contribution in [0.15, 0.2) is 30.3 Å². The lowest BCUT2D eigenvalue weighted by molar-refractivity contribution is -0.143. The van der Waals surface area contributed by atoms with Gasteiger partial charge in [-0.15, -0.1) is 0 Å². The second kappa shape index (κ2) is 12.0. The van der Waals surface area contributed by atoms with Crippen molar-refractivity contribution in [3.05, 3.63) is 35.9 Å². The van der Waals surface area contributed by atoms with Crippen molar-refractivity contribution < 1.29 is 33.8 Å². The molecule has 0 aromatic heterocycles. The zero-order valence-electron chi connectivity index (χ0n) is 19.7. The minimum atomic E-state index is -2.06. The van der Waals surface area contributed by atoms with E-state index in [4.69, 9.17) is 9.16 Å². The molecule has 10 heteroatoms. The molecule has 0 aliphatic heterocycles. The Morgan fingerprint density at radius 1 is 1.09 bits per heavy atom. The predicted molar refractivity (Wildman–Crippen MR) is 123 cm³/mol. The molecule has 0 aliphatic carbocycles. The summed E-state index contributed by atoms with van der Waals surface area (Å²) < 4.78 is 11.1. The van der Waals surface area contributed by atoms with Crippen LogP contribution in [0.4, 0.5) is 4.79 Å². The molecule has 0 saturated heterocycles. The number of amides is 2. The standard InChI is InChI=1S/C22H36N2O7Si/c1-15(25)18(24-21(29)30-14-16-10-8-7-9-11-16)19(26)23-17(20(27)28)12-13-31-32(5,6)22(2,3)4/h7-11,15,17-18,25H,12-14H2,1-6H3,(H,23,26)(H,24,29)(H,27,28)/t15-,17+,18+/m1/s1. The van der Waals surface area contributed by atoms with Crippen molar-refractivity contribution >= 4 is 26.3 Å². The lowest BCUT2D eigenvalue weighted by Gasteiger charge is -2.36. The molecule has 32 heavy (non-hydrogen) atoms. The number of hydrogen-bond donors (Lipinski definition) is 4. The highest BCUT2D eigenvalue weighted by Crippen LogP contribution is 2.36. The number of benzene rings is 1. The first-order valence-electron chi connectivity index (χ1n) is 10.6. The lowest BCUT2D eigenvalue weighted by atomic mass is 10.1. The highest BCUT2D eigenvalue weighted by Gasteiger charge is 2.37. The van der Waals surface area contributed by atoms with Gasteiger partial charge in [0.15, 0.2) is 8.32 Å². The van der Waals surface area contributed by atoms with Gasteiger partial charge in [0.05, 0.1) is 6.10 Å². The molecule has 9 nitrogen and oxygen atoms in total. The second-order valence-corrected chi connectivity index (χ2v) is 14.0. The molecular formula is C22H36N2O7Si. The second-order valence-electron chi connectivity index (χ2n) is 9.22. The molecule has 2 amide bonds. The first-order valence-corrected chi connectivity index (χ1v) is 13.5. The van der Waals surface area contributed by atoms with Crippen molar-refractivity contribution in [1.82, 2.24) is 10.6 Å². The van der Waals surface area contributed by atoms with E-state index in [0.29, 0.717) is 0 Å². The minimum Gasteiger partial charge on any atom is -0.480 e. The van der Waals surface area contributed by atoms with E-state index in [2.05, 4.69) is 44.5 Å². The number of carbonyl (C=O) groups excluding carboxylic acids is 2. The molecule has 0 aliphatic rings. The van der Waals surface area contributed by atoms with E-state index in [9.17, 15) is 24.6 Å². The van der Waals surface area contributed by atoms with Crippen LogP contribution in [0.2, 0.25) is 18.1 Å². The van der Waals surface area contributed by atoms with Crippen molar-refractivity contribution in [2.24, 2.45) is 0 Å². The Hall–Kier alpha value is -2.43. The van der Waals surface area contributed by atoms with Crippen LogP contribution < -0.4 is 10.6 Å². The van der Waals surface area contributed by atoms with Crippen LogP contribution in [0.1, 0.15) is 39.7 Å². The largest absolute Gasteiger partial charge is 0.480 e. The summed E-state index contributed by atoms with van der Waals surface area (Å²) in [6.45, 7) is 11.8. The van der Waals surface area contributed by atoms with Gasteiger partial charge >= 0.3 is 12.1 Å². The van der Waals surface area contributed by atoms with Gasteiger partial charge in [0.25, 0.3) is 0 Å². The minimum absolute atomic E-state index is 0.0106. The Morgan fingerprint density at radius 3 is 2.19 bits per heavy atom. The van der Waals surface area contributed by atoms with Gasteiger partial charge in [-0.1, -0.05) is 51.1 Å². The molecule has 0 radical (unpaired) electrons. The molecule has 0 fully saturated rings. The Kier molecular flexibility index (Phi) is 10.3. The highest BCUT2D eigenvalue weighted by atomic mass is 28.4. The Morgan fingerprint density at radius 2 is 1.69 bits per heavy atom. The third kappa shape index (κ3) is 8.97. The monoisotopic (exact) mass is 468 g/mol. The van der Waals surface area contributed by atoms with Gasteiger partial charge < -0.3 is 30.0 Å². The average Bonchev–Trinajstić information content (AvgIpc) is 2.69. The number of alkyl carbamates (subject to hydrolysis) is 1. The highest BCUT2D eigenvalue weighted by molar-refractivity contribution is 6.74. The molecule has 1 rings (SSSR count). The number of aliphatic hydroxyl groups is 1. The van der Waals surface area contributed by atoms with Crippen LogP contribution in [0.3, 0.4) is 0 Å². The van der Waals surface area contributed by atoms with Gasteiger partial charge in [0.2, 0.25) is 5.91 Å². The summed E-state index contributed by atoms with van der Waals surface area (Å²) >= 11 is 0. The van der Waals surface area contributed by atoms with Gasteiger partial charge in [-0.25, -0.2) is 9.59 Å². The van der Waals surface area contributed by atoms with Crippen molar-refractivity contribution in [3.63, 3.8) is 0 Å². The zero-order chi connectivity index (χ0) is 24.5. The maximum absolute atomic E-state index is 12.6. The first-order chi connectivity index (χ1) is 14.7. The maximum Gasteiger partial charge on any atom is 0.408 e. The van der Waals surface area contributed by atoms with Gasteiger partial charge in [-0.05, 0) is 30.6 Å². The molecule has 1 aromatic rings. The fourth-order valence-corrected chi connectivity index (χ4v) is 3.53. The van der Waals surface area contributed by atoms with E-state index >= 15 is 0 Å². The summed E-state index contributed by atoms with van der Waals surface area (Å²) in [6, 6.07) is 6.36. The molecule has 0 saturated carbocycles. The number of aliphatic hydroxyl groups excluding tert-OH is 1. The predicted octanol–water partition coefficient (Wildman–Crippen LogP) is 2.64. The maximum atomic E-state index is 12.6. The van der Waals surface area contributed by atoms with Crippen molar-refractivity contribution in [2.75, 3.05) is 6.61 Å². The molecule has 180 valence electrons. The molecule has 0 unspecified atom stereocenters. The average molecular weight is 469 g/mol. The molecule has 0 heterocycles. The molecule has 0 spiro atoms. The summed E-state index contributed by atoms with van der Waals surface area (Å²) in [4.78, 5) is 36.3. The third-order valence-corrected chi connectivity index (χ3v) is 10.1. The molecule has 4 N–H and O–H groups in total. The number of carboxylic acids is 1. The van der Waals surface area contributed by atoms with Crippen LogP contribution in [0, 0.1) is 0 Å². The summed E-state index contributed by atoms with van der Waals surface area (Å²) in [5.41, 5.74) is 0.758. The number of rotatable bonds is 11. The van der Waals surface area contributed by atoms with E-state index < -0.39 is 44.5 Å².